The molecule has 4 heteroatoms. The molecular formula is C10H19NO3. The first-order chi connectivity index (χ1) is 6.54. The minimum absolute atomic E-state index is 0.376. The molecule has 0 amide bonds. The average molecular weight is 201 g/mol. The van der Waals surface area contributed by atoms with Gasteiger partial charge in [0.2, 0.25) is 0 Å². The van der Waals surface area contributed by atoms with Crippen molar-refractivity contribution in [1.29, 1.82) is 0 Å². The zero-order valence-corrected chi connectivity index (χ0v) is 9.12. The van der Waals surface area contributed by atoms with Gasteiger partial charge in [0.05, 0.1) is 13.2 Å². The van der Waals surface area contributed by atoms with Gasteiger partial charge in [-0.2, -0.15) is 0 Å². The van der Waals surface area contributed by atoms with Gasteiger partial charge < -0.3 is 14.7 Å². The lowest BCUT2D eigenvalue weighted by molar-refractivity contribution is -0.132. The molecule has 0 fully saturated rings. The van der Waals surface area contributed by atoms with Crippen molar-refractivity contribution in [2.45, 2.75) is 13.3 Å². The topological polar surface area (TPSA) is 49.8 Å². The van der Waals surface area contributed by atoms with Crippen molar-refractivity contribution in [2.75, 3.05) is 33.9 Å². The first-order valence-electron chi connectivity index (χ1n) is 4.66. The number of carboxylic acids is 1. The lowest BCUT2D eigenvalue weighted by Crippen LogP contribution is -2.18. The quantitative estimate of drug-likeness (QED) is 0.493. The number of rotatable bonds is 7. The van der Waals surface area contributed by atoms with E-state index >= 15 is 0 Å². The molecule has 0 aromatic heterocycles. The molecule has 14 heavy (non-hydrogen) atoms. The van der Waals surface area contributed by atoms with Crippen molar-refractivity contribution >= 4 is 5.97 Å². The molecule has 0 saturated heterocycles. The van der Waals surface area contributed by atoms with E-state index in [1.807, 2.05) is 19.0 Å². The molecule has 0 aliphatic rings. The Hall–Kier alpha value is -0.870. The SMILES string of the molecule is C/C(=C\CCOCCN(C)C)C(=O)O. The number of hydrogen-bond acceptors (Lipinski definition) is 3. The highest BCUT2D eigenvalue weighted by molar-refractivity contribution is 5.85. The molecule has 0 bridgehead atoms. The van der Waals surface area contributed by atoms with Gasteiger partial charge in [-0.25, -0.2) is 4.79 Å². The van der Waals surface area contributed by atoms with E-state index in [2.05, 4.69) is 0 Å². The summed E-state index contributed by atoms with van der Waals surface area (Å²) >= 11 is 0. The number of nitrogens with zero attached hydrogens (tertiary/aromatic N) is 1. The van der Waals surface area contributed by atoms with Crippen molar-refractivity contribution in [1.82, 2.24) is 4.90 Å². The van der Waals surface area contributed by atoms with E-state index in [1.165, 1.54) is 0 Å². The molecule has 0 radical (unpaired) electrons. The maximum absolute atomic E-state index is 10.4. The number of likely N-dealkylation sites (N-methyl/N-ethyl adjacent to an activating group) is 1. The Bertz CT molecular complexity index is 200. The monoisotopic (exact) mass is 201 g/mol. The first kappa shape index (κ1) is 13.1. The van der Waals surface area contributed by atoms with Gasteiger partial charge in [-0.15, -0.1) is 0 Å². The fourth-order valence-electron chi connectivity index (χ4n) is 0.795. The minimum Gasteiger partial charge on any atom is -0.478 e. The van der Waals surface area contributed by atoms with Crippen LogP contribution >= 0.6 is 0 Å². The van der Waals surface area contributed by atoms with E-state index in [0.29, 0.717) is 25.2 Å². The summed E-state index contributed by atoms with van der Waals surface area (Å²) in [6, 6.07) is 0. The van der Waals surface area contributed by atoms with Crippen LogP contribution in [0.25, 0.3) is 0 Å². The molecular weight excluding hydrogens is 182 g/mol. The zero-order valence-electron chi connectivity index (χ0n) is 9.12. The summed E-state index contributed by atoms with van der Waals surface area (Å²) in [6.45, 7) is 3.75. The largest absolute Gasteiger partial charge is 0.478 e. The van der Waals surface area contributed by atoms with Crippen LogP contribution in [0.15, 0.2) is 11.6 Å². The molecule has 0 aromatic rings. The van der Waals surface area contributed by atoms with Gasteiger partial charge in [0.1, 0.15) is 0 Å². The average Bonchev–Trinajstić information content (AvgIpc) is 2.09. The number of carbonyl (C=O) groups is 1. The maximum atomic E-state index is 10.4. The molecule has 0 aliphatic carbocycles. The third-order valence-corrected chi connectivity index (χ3v) is 1.73. The lowest BCUT2D eigenvalue weighted by Gasteiger charge is -2.08. The van der Waals surface area contributed by atoms with Gasteiger partial charge in [-0.3, -0.25) is 0 Å². The van der Waals surface area contributed by atoms with Crippen LogP contribution < -0.4 is 0 Å². The molecule has 0 saturated carbocycles. The summed E-state index contributed by atoms with van der Waals surface area (Å²) in [6.07, 6.45) is 2.34. The summed E-state index contributed by atoms with van der Waals surface area (Å²) < 4.78 is 5.30. The van der Waals surface area contributed by atoms with E-state index in [0.717, 1.165) is 6.54 Å². The van der Waals surface area contributed by atoms with Gasteiger partial charge in [0.15, 0.2) is 0 Å². The van der Waals surface area contributed by atoms with E-state index < -0.39 is 5.97 Å². The second-order valence-corrected chi connectivity index (χ2v) is 3.40. The summed E-state index contributed by atoms with van der Waals surface area (Å²) in [5.41, 5.74) is 0.376. The Labute approximate surface area is 85.2 Å². The molecule has 0 atom stereocenters. The Morgan fingerprint density at radius 2 is 2.07 bits per heavy atom. The highest BCUT2D eigenvalue weighted by atomic mass is 16.5. The van der Waals surface area contributed by atoms with Gasteiger partial charge in [0.25, 0.3) is 0 Å². The first-order valence-corrected chi connectivity index (χ1v) is 4.66. The molecule has 0 aliphatic heterocycles. The van der Waals surface area contributed by atoms with Crippen LogP contribution in [0.5, 0.6) is 0 Å². The fourth-order valence-corrected chi connectivity index (χ4v) is 0.795. The van der Waals surface area contributed by atoms with Gasteiger partial charge in [-0.1, -0.05) is 6.08 Å². The molecule has 1 N–H and O–H groups in total. The van der Waals surface area contributed by atoms with E-state index in [4.69, 9.17) is 9.84 Å². The van der Waals surface area contributed by atoms with Crippen molar-refractivity contribution in [3.8, 4) is 0 Å². The molecule has 0 aromatic carbocycles. The van der Waals surface area contributed by atoms with Crippen LogP contribution in [0.3, 0.4) is 0 Å². The summed E-state index contributed by atoms with van der Waals surface area (Å²) in [4.78, 5) is 12.4. The highest BCUT2D eigenvalue weighted by Gasteiger charge is 1.97. The normalized spacial score (nSPS) is 12.1. The molecule has 0 spiro atoms. The maximum Gasteiger partial charge on any atom is 0.330 e. The Morgan fingerprint density at radius 3 is 2.57 bits per heavy atom. The van der Waals surface area contributed by atoms with Crippen molar-refractivity contribution in [2.24, 2.45) is 0 Å². The summed E-state index contributed by atoms with van der Waals surface area (Å²) in [7, 11) is 3.97. The Morgan fingerprint density at radius 1 is 1.43 bits per heavy atom. The van der Waals surface area contributed by atoms with Crippen LogP contribution in [-0.2, 0) is 9.53 Å². The van der Waals surface area contributed by atoms with Crippen molar-refractivity contribution in [3.63, 3.8) is 0 Å². The molecule has 4 nitrogen and oxygen atoms in total. The molecule has 0 unspecified atom stereocenters. The van der Waals surface area contributed by atoms with E-state index in [1.54, 1.807) is 13.0 Å². The molecule has 0 heterocycles. The number of aliphatic carboxylic acids is 1. The van der Waals surface area contributed by atoms with Crippen LogP contribution in [0.4, 0.5) is 0 Å². The smallest absolute Gasteiger partial charge is 0.330 e. The number of hydrogen-bond donors (Lipinski definition) is 1. The third kappa shape index (κ3) is 7.76. The van der Waals surface area contributed by atoms with Crippen LogP contribution in [0, 0.1) is 0 Å². The summed E-state index contributed by atoms with van der Waals surface area (Å²) in [5, 5.41) is 8.54. The zero-order chi connectivity index (χ0) is 11.0. The van der Waals surface area contributed by atoms with E-state index in [9.17, 15) is 4.79 Å². The van der Waals surface area contributed by atoms with Crippen LogP contribution in [0.1, 0.15) is 13.3 Å². The predicted molar refractivity (Wildman–Crippen MR) is 55.4 cm³/mol. The molecule has 82 valence electrons. The Balaban J connectivity index is 3.38. The summed E-state index contributed by atoms with van der Waals surface area (Å²) in [5.74, 6) is -0.863. The van der Waals surface area contributed by atoms with E-state index in [-0.39, 0.29) is 0 Å². The lowest BCUT2D eigenvalue weighted by atomic mass is 10.2. The highest BCUT2D eigenvalue weighted by Crippen LogP contribution is 1.95. The van der Waals surface area contributed by atoms with Crippen molar-refractivity contribution < 1.29 is 14.6 Å². The fraction of sp³-hybridized carbons (Fsp3) is 0.700. The predicted octanol–water partition coefficient (Wildman–Crippen LogP) is 0.986. The second-order valence-electron chi connectivity index (χ2n) is 3.40. The van der Waals surface area contributed by atoms with Crippen LogP contribution in [-0.4, -0.2) is 49.8 Å². The third-order valence-electron chi connectivity index (χ3n) is 1.73. The minimum atomic E-state index is -0.863. The van der Waals surface area contributed by atoms with Gasteiger partial charge in [-0.05, 0) is 27.4 Å². The van der Waals surface area contributed by atoms with Crippen molar-refractivity contribution in [3.05, 3.63) is 11.6 Å². The number of ether oxygens (including phenoxy) is 1. The second kappa shape index (κ2) is 7.53. The number of carboxylic acid groups (broad SMARTS) is 1. The van der Waals surface area contributed by atoms with Gasteiger partial charge in [0, 0.05) is 12.1 Å². The van der Waals surface area contributed by atoms with Gasteiger partial charge >= 0.3 is 5.97 Å². The standard InChI is InChI=1S/C10H19NO3/c1-9(10(12)13)5-4-7-14-8-6-11(2)3/h5H,4,6-8H2,1-3H3,(H,12,13)/b9-5+. The van der Waals surface area contributed by atoms with Crippen LogP contribution in [0.2, 0.25) is 0 Å². The Kier molecular flexibility index (Phi) is 7.06. The molecule has 0 rings (SSSR count).